The van der Waals surface area contributed by atoms with Crippen molar-refractivity contribution in [2.24, 2.45) is 51.2 Å². The van der Waals surface area contributed by atoms with E-state index in [0.29, 0.717) is 23.0 Å². The lowest BCUT2D eigenvalue weighted by Gasteiger charge is -2.67. The van der Waals surface area contributed by atoms with Crippen LogP contribution in [0.3, 0.4) is 0 Å². The lowest BCUT2D eigenvalue weighted by molar-refractivity contribution is -0.165. The molecule has 3 saturated carbocycles. The van der Waals surface area contributed by atoms with Crippen LogP contribution in [0.25, 0.3) is 0 Å². The number of rotatable bonds is 1. The molecule has 0 spiro atoms. The van der Waals surface area contributed by atoms with E-state index in [1.807, 2.05) is 13.0 Å². The summed E-state index contributed by atoms with van der Waals surface area (Å²) in [7, 11) is 0. The summed E-state index contributed by atoms with van der Waals surface area (Å²) in [6, 6.07) is 0. The molecule has 0 aromatic heterocycles. The average Bonchev–Trinajstić information content (AvgIpc) is 2.69. The Labute approximate surface area is 187 Å². The Morgan fingerprint density at radius 1 is 1.03 bits per heavy atom. The standard InChI is InChI=1S/C28H40O3/c1-17-8-6-11-25(2)14-15-27(4)20(22(17)25)16-21(29)23-18-9-7-12-26(3,24(30)31)19(18)10-13-28(23,27)5/h7,12,16-19,22-23H,6,8-11,13-15H2,1-5H3,(H,30,31)/t17?,18?,19?,22?,23?,25?,26-,27+,28?/m0/s1. The van der Waals surface area contributed by atoms with Crippen LogP contribution in [0.5, 0.6) is 0 Å². The lowest BCUT2D eigenvalue weighted by Crippen LogP contribution is -2.62. The van der Waals surface area contributed by atoms with Crippen molar-refractivity contribution < 1.29 is 14.7 Å². The Kier molecular flexibility index (Phi) is 4.55. The molecule has 0 amide bonds. The first-order valence-corrected chi connectivity index (χ1v) is 12.6. The van der Waals surface area contributed by atoms with Gasteiger partial charge in [-0.15, -0.1) is 0 Å². The third kappa shape index (κ3) is 2.58. The molecule has 0 aliphatic heterocycles. The van der Waals surface area contributed by atoms with Gasteiger partial charge in [-0.05, 0) is 91.4 Å². The quantitative estimate of drug-likeness (QED) is 0.493. The van der Waals surface area contributed by atoms with Crippen molar-refractivity contribution >= 4 is 11.8 Å². The molecule has 1 N–H and O–H groups in total. The molecule has 3 nitrogen and oxygen atoms in total. The van der Waals surface area contributed by atoms with Gasteiger partial charge in [0.05, 0.1) is 5.41 Å². The Morgan fingerprint density at radius 2 is 1.77 bits per heavy atom. The molecule has 7 unspecified atom stereocenters. The van der Waals surface area contributed by atoms with Crippen molar-refractivity contribution in [1.82, 2.24) is 0 Å². The van der Waals surface area contributed by atoms with Gasteiger partial charge in [0.25, 0.3) is 0 Å². The molecule has 0 aromatic rings. The molecule has 170 valence electrons. The number of ketones is 1. The van der Waals surface area contributed by atoms with Gasteiger partial charge in [-0.2, -0.15) is 0 Å². The molecular formula is C28H40O3. The first-order chi connectivity index (χ1) is 14.5. The molecular weight excluding hydrogens is 384 g/mol. The maximum absolute atomic E-state index is 13.9. The molecule has 5 rings (SSSR count). The van der Waals surface area contributed by atoms with E-state index < -0.39 is 11.4 Å². The fourth-order valence-corrected chi connectivity index (χ4v) is 9.47. The number of carboxylic acid groups (broad SMARTS) is 1. The topological polar surface area (TPSA) is 54.4 Å². The molecule has 31 heavy (non-hydrogen) atoms. The molecule has 0 heterocycles. The molecule has 0 saturated heterocycles. The van der Waals surface area contributed by atoms with Crippen LogP contribution in [0.4, 0.5) is 0 Å². The molecule has 5 aliphatic rings. The zero-order valence-corrected chi connectivity index (χ0v) is 20.0. The molecule has 0 aromatic carbocycles. The van der Waals surface area contributed by atoms with Crippen LogP contribution < -0.4 is 0 Å². The van der Waals surface area contributed by atoms with Gasteiger partial charge in [0.1, 0.15) is 0 Å². The highest BCUT2D eigenvalue weighted by Gasteiger charge is 2.66. The van der Waals surface area contributed by atoms with Crippen LogP contribution in [-0.4, -0.2) is 16.9 Å². The summed E-state index contributed by atoms with van der Waals surface area (Å²) < 4.78 is 0. The van der Waals surface area contributed by atoms with Gasteiger partial charge in [-0.25, -0.2) is 0 Å². The van der Waals surface area contributed by atoms with Gasteiger partial charge in [-0.3, -0.25) is 9.59 Å². The minimum absolute atomic E-state index is 0.0487. The Hall–Kier alpha value is -1.38. The van der Waals surface area contributed by atoms with Gasteiger partial charge in [0.15, 0.2) is 5.78 Å². The monoisotopic (exact) mass is 424 g/mol. The SMILES string of the molecule is CC1CCCC2(C)CC[C@]3(C)C(=CC(=O)C4C5CC=C[C@](C)(C(=O)O)C5CCC43C)C12. The highest BCUT2D eigenvalue weighted by molar-refractivity contribution is 5.95. The summed E-state index contributed by atoms with van der Waals surface area (Å²) in [4.78, 5) is 26.1. The van der Waals surface area contributed by atoms with Crippen molar-refractivity contribution in [1.29, 1.82) is 0 Å². The fourth-order valence-electron chi connectivity index (χ4n) is 9.47. The Balaban J connectivity index is 1.61. The molecule has 3 fully saturated rings. The first-order valence-electron chi connectivity index (χ1n) is 12.6. The zero-order chi connectivity index (χ0) is 22.4. The summed E-state index contributed by atoms with van der Waals surface area (Å²) in [5.74, 6) is 0.873. The van der Waals surface area contributed by atoms with E-state index in [4.69, 9.17) is 0 Å². The minimum atomic E-state index is -0.849. The van der Waals surface area contributed by atoms with E-state index >= 15 is 0 Å². The number of carboxylic acids is 1. The van der Waals surface area contributed by atoms with Gasteiger partial charge < -0.3 is 5.11 Å². The lowest BCUT2D eigenvalue weighted by atomic mass is 9.36. The van der Waals surface area contributed by atoms with E-state index in [1.165, 1.54) is 37.7 Å². The van der Waals surface area contributed by atoms with Gasteiger partial charge >= 0.3 is 5.97 Å². The first kappa shape index (κ1) is 21.5. The zero-order valence-electron chi connectivity index (χ0n) is 20.0. The van der Waals surface area contributed by atoms with Gasteiger partial charge in [-0.1, -0.05) is 58.3 Å². The van der Waals surface area contributed by atoms with Crippen molar-refractivity contribution in [3.8, 4) is 0 Å². The predicted molar refractivity (Wildman–Crippen MR) is 122 cm³/mol. The predicted octanol–water partition coefficient (Wildman–Crippen LogP) is 6.44. The molecule has 3 heteroatoms. The summed E-state index contributed by atoms with van der Waals surface area (Å²) in [5, 5.41) is 10.0. The molecule has 5 aliphatic carbocycles. The maximum Gasteiger partial charge on any atom is 0.313 e. The van der Waals surface area contributed by atoms with Crippen molar-refractivity contribution in [2.45, 2.75) is 86.0 Å². The number of hydrogen-bond donors (Lipinski definition) is 1. The molecule has 9 atom stereocenters. The third-order valence-electron chi connectivity index (χ3n) is 11.5. The van der Waals surface area contributed by atoms with Crippen LogP contribution in [0.15, 0.2) is 23.8 Å². The minimum Gasteiger partial charge on any atom is -0.481 e. The summed E-state index contributed by atoms with van der Waals surface area (Å²) >= 11 is 0. The van der Waals surface area contributed by atoms with E-state index in [1.54, 1.807) is 0 Å². The highest BCUT2D eigenvalue weighted by atomic mass is 16.4. The average molecular weight is 425 g/mol. The number of carbonyl (C=O) groups excluding carboxylic acids is 1. The number of allylic oxidation sites excluding steroid dienone is 3. The second-order valence-corrected chi connectivity index (χ2v) is 12.8. The number of aliphatic carboxylic acids is 1. The Morgan fingerprint density at radius 3 is 2.48 bits per heavy atom. The largest absolute Gasteiger partial charge is 0.481 e. The summed E-state index contributed by atoms with van der Waals surface area (Å²) in [5.41, 5.74) is 0.923. The van der Waals surface area contributed by atoms with Crippen LogP contribution in [0.1, 0.15) is 86.0 Å². The van der Waals surface area contributed by atoms with E-state index in [-0.39, 0.29) is 28.6 Å². The van der Waals surface area contributed by atoms with Crippen molar-refractivity contribution in [3.63, 3.8) is 0 Å². The maximum atomic E-state index is 13.9. The van der Waals surface area contributed by atoms with E-state index in [9.17, 15) is 14.7 Å². The van der Waals surface area contributed by atoms with E-state index in [0.717, 1.165) is 19.3 Å². The Bertz CT molecular complexity index is 885. The van der Waals surface area contributed by atoms with E-state index in [2.05, 4.69) is 39.8 Å². The van der Waals surface area contributed by atoms with Crippen LogP contribution >= 0.6 is 0 Å². The van der Waals surface area contributed by atoms with Crippen molar-refractivity contribution in [2.75, 3.05) is 0 Å². The second kappa shape index (κ2) is 6.58. The smallest absolute Gasteiger partial charge is 0.313 e. The van der Waals surface area contributed by atoms with Crippen LogP contribution in [0, 0.1) is 51.2 Å². The molecule has 0 radical (unpaired) electrons. The van der Waals surface area contributed by atoms with Gasteiger partial charge in [0.2, 0.25) is 0 Å². The second-order valence-electron chi connectivity index (χ2n) is 12.8. The highest BCUT2D eigenvalue weighted by Crippen LogP contribution is 2.72. The number of hydrogen-bond acceptors (Lipinski definition) is 2. The van der Waals surface area contributed by atoms with Crippen LogP contribution in [-0.2, 0) is 9.59 Å². The summed E-state index contributed by atoms with van der Waals surface area (Å²) in [6.45, 7) is 11.6. The summed E-state index contributed by atoms with van der Waals surface area (Å²) in [6.07, 6.45) is 15.1. The molecule has 0 bridgehead atoms. The number of fused-ring (bicyclic) bond motifs is 7. The normalized spacial score (nSPS) is 53.5. The fraction of sp³-hybridized carbons (Fsp3) is 0.786. The third-order valence-corrected chi connectivity index (χ3v) is 11.5. The number of carbonyl (C=O) groups is 2. The van der Waals surface area contributed by atoms with Crippen molar-refractivity contribution in [3.05, 3.63) is 23.8 Å². The van der Waals surface area contributed by atoms with Crippen LogP contribution in [0.2, 0.25) is 0 Å². The van der Waals surface area contributed by atoms with Gasteiger partial charge in [0, 0.05) is 5.92 Å².